The molecule has 1 rings (SSSR count). The van der Waals surface area contributed by atoms with Crippen molar-refractivity contribution in [1.29, 1.82) is 0 Å². The molecule has 0 aliphatic carbocycles. The van der Waals surface area contributed by atoms with Crippen molar-refractivity contribution in [2.45, 2.75) is 19.9 Å². The van der Waals surface area contributed by atoms with Crippen LogP contribution in [-0.4, -0.2) is 52.2 Å². The SMILES string of the molecule is CCCN(CC(=O)NCc1ccc(OC)c(OC)c1)S(C)(=O)=O. The number of sulfonamides is 1. The van der Waals surface area contributed by atoms with E-state index < -0.39 is 10.0 Å². The molecule has 130 valence electrons. The molecule has 1 amide bonds. The number of nitrogens with zero attached hydrogens (tertiary/aromatic N) is 1. The van der Waals surface area contributed by atoms with Crippen LogP contribution in [0.15, 0.2) is 18.2 Å². The second-order valence-electron chi connectivity index (χ2n) is 5.06. The van der Waals surface area contributed by atoms with Crippen LogP contribution in [0.4, 0.5) is 0 Å². The Morgan fingerprint density at radius 1 is 1.22 bits per heavy atom. The van der Waals surface area contributed by atoms with Gasteiger partial charge in [-0.2, -0.15) is 4.31 Å². The fourth-order valence-corrected chi connectivity index (χ4v) is 2.88. The van der Waals surface area contributed by atoms with Gasteiger partial charge in [-0.1, -0.05) is 13.0 Å². The van der Waals surface area contributed by atoms with E-state index in [-0.39, 0.29) is 19.0 Å². The van der Waals surface area contributed by atoms with Crippen molar-refractivity contribution in [2.75, 3.05) is 33.6 Å². The third-order valence-corrected chi connectivity index (χ3v) is 4.45. The summed E-state index contributed by atoms with van der Waals surface area (Å²) in [6.45, 7) is 2.28. The van der Waals surface area contributed by atoms with Gasteiger partial charge in [-0.15, -0.1) is 0 Å². The molecule has 0 aliphatic heterocycles. The van der Waals surface area contributed by atoms with Crippen LogP contribution in [0, 0.1) is 0 Å². The van der Waals surface area contributed by atoms with E-state index in [1.54, 1.807) is 19.2 Å². The van der Waals surface area contributed by atoms with Crippen molar-refractivity contribution in [3.63, 3.8) is 0 Å². The molecule has 0 heterocycles. The molecule has 0 radical (unpaired) electrons. The van der Waals surface area contributed by atoms with Gasteiger partial charge >= 0.3 is 0 Å². The topological polar surface area (TPSA) is 84.9 Å². The maximum absolute atomic E-state index is 12.0. The van der Waals surface area contributed by atoms with Crippen LogP contribution in [0.1, 0.15) is 18.9 Å². The number of methoxy groups -OCH3 is 2. The Morgan fingerprint density at radius 3 is 2.39 bits per heavy atom. The monoisotopic (exact) mass is 344 g/mol. The van der Waals surface area contributed by atoms with E-state index in [1.807, 2.05) is 13.0 Å². The quantitative estimate of drug-likeness (QED) is 0.722. The molecule has 0 unspecified atom stereocenters. The Kier molecular flexibility index (Phi) is 7.31. The van der Waals surface area contributed by atoms with Gasteiger partial charge in [0.25, 0.3) is 0 Å². The Labute approximate surface area is 137 Å². The van der Waals surface area contributed by atoms with Gasteiger partial charge in [0.1, 0.15) is 0 Å². The summed E-state index contributed by atoms with van der Waals surface area (Å²) in [4.78, 5) is 12.0. The molecule has 1 N–H and O–H groups in total. The van der Waals surface area contributed by atoms with Crippen LogP contribution < -0.4 is 14.8 Å². The van der Waals surface area contributed by atoms with Gasteiger partial charge in [-0.05, 0) is 24.1 Å². The number of hydrogen-bond acceptors (Lipinski definition) is 5. The molecule has 8 heteroatoms. The first-order chi connectivity index (χ1) is 10.8. The first kappa shape index (κ1) is 19.2. The average molecular weight is 344 g/mol. The number of hydrogen-bond donors (Lipinski definition) is 1. The minimum absolute atomic E-state index is 0.181. The highest BCUT2D eigenvalue weighted by Crippen LogP contribution is 2.27. The number of amides is 1. The first-order valence-corrected chi connectivity index (χ1v) is 9.09. The smallest absolute Gasteiger partial charge is 0.235 e. The van der Waals surface area contributed by atoms with E-state index in [0.29, 0.717) is 24.5 Å². The van der Waals surface area contributed by atoms with E-state index in [2.05, 4.69) is 5.32 Å². The summed E-state index contributed by atoms with van der Waals surface area (Å²) in [6.07, 6.45) is 1.75. The molecule has 0 aliphatic rings. The number of ether oxygens (including phenoxy) is 2. The van der Waals surface area contributed by atoms with Gasteiger partial charge < -0.3 is 14.8 Å². The third kappa shape index (κ3) is 6.07. The van der Waals surface area contributed by atoms with Gasteiger partial charge in [0.2, 0.25) is 15.9 Å². The average Bonchev–Trinajstić information content (AvgIpc) is 2.51. The van der Waals surface area contributed by atoms with E-state index >= 15 is 0 Å². The summed E-state index contributed by atoms with van der Waals surface area (Å²) in [5.74, 6) is 0.829. The summed E-state index contributed by atoms with van der Waals surface area (Å²) in [7, 11) is -0.304. The zero-order chi connectivity index (χ0) is 17.5. The molecule has 0 saturated heterocycles. The van der Waals surface area contributed by atoms with Gasteiger partial charge in [-0.25, -0.2) is 8.42 Å². The molecular formula is C15H24N2O5S. The van der Waals surface area contributed by atoms with Crippen LogP contribution in [0.5, 0.6) is 11.5 Å². The summed E-state index contributed by atoms with van der Waals surface area (Å²) in [5, 5.41) is 2.71. The molecule has 0 aromatic heterocycles. The lowest BCUT2D eigenvalue weighted by atomic mass is 10.2. The minimum atomic E-state index is -3.39. The molecular weight excluding hydrogens is 320 g/mol. The molecule has 23 heavy (non-hydrogen) atoms. The summed E-state index contributed by atoms with van der Waals surface area (Å²) < 4.78 is 34.7. The summed E-state index contributed by atoms with van der Waals surface area (Å²) in [6, 6.07) is 5.32. The van der Waals surface area contributed by atoms with Crippen molar-refractivity contribution >= 4 is 15.9 Å². The van der Waals surface area contributed by atoms with Crippen molar-refractivity contribution in [3.05, 3.63) is 23.8 Å². The summed E-state index contributed by atoms with van der Waals surface area (Å²) >= 11 is 0. The number of benzene rings is 1. The predicted molar refractivity (Wildman–Crippen MR) is 88.1 cm³/mol. The van der Waals surface area contributed by atoms with Gasteiger partial charge in [-0.3, -0.25) is 4.79 Å². The predicted octanol–water partition coefficient (Wildman–Crippen LogP) is 0.992. The van der Waals surface area contributed by atoms with Crippen LogP contribution in [0.3, 0.4) is 0 Å². The maximum Gasteiger partial charge on any atom is 0.235 e. The van der Waals surface area contributed by atoms with Crippen molar-refractivity contribution in [1.82, 2.24) is 9.62 Å². The zero-order valence-corrected chi connectivity index (χ0v) is 14.8. The third-order valence-electron chi connectivity index (χ3n) is 3.20. The molecule has 1 aromatic rings. The molecule has 0 atom stereocenters. The Hall–Kier alpha value is -1.80. The molecule has 0 spiro atoms. The van der Waals surface area contributed by atoms with Crippen LogP contribution in [0.25, 0.3) is 0 Å². The Bertz CT molecular complexity index is 631. The molecule has 0 fully saturated rings. The first-order valence-electron chi connectivity index (χ1n) is 7.24. The lowest BCUT2D eigenvalue weighted by molar-refractivity contribution is -0.121. The fourth-order valence-electron chi connectivity index (χ4n) is 2.02. The normalized spacial score (nSPS) is 11.3. The van der Waals surface area contributed by atoms with Gasteiger partial charge in [0.15, 0.2) is 11.5 Å². The second-order valence-corrected chi connectivity index (χ2v) is 7.05. The molecule has 1 aromatic carbocycles. The zero-order valence-electron chi connectivity index (χ0n) is 14.0. The highest BCUT2D eigenvalue weighted by Gasteiger charge is 2.18. The number of nitrogens with one attached hydrogen (secondary N) is 1. The maximum atomic E-state index is 12.0. The highest BCUT2D eigenvalue weighted by molar-refractivity contribution is 7.88. The number of rotatable bonds is 9. The van der Waals surface area contributed by atoms with Crippen LogP contribution in [0.2, 0.25) is 0 Å². The fraction of sp³-hybridized carbons (Fsp3) is 0.533. The van der Waals surface area contributed by atoms with Gasteiger partial charge in [0.05, 0.1) is 27.0 Å². The molecule has 7 nitrogen and oxygen atoms in total. The van der Waals surface area contributed by atoms with Crippen molar-refractivity contribution in [3.8, 4) is 11.5 Å². The van der Waals surface area contributed by atoms with E-state index in [9.17, 15) is 13.2 Å². The lowest BCUT2D eigenvalue weighted by Crippen LogP contribution is -2.40. The second kappa shape index (κ2) is 8.73. The van der Waals surface area contributed by atoms with E-state index in [1.165, 1.54) is 7.11 Å². The van der Waals surface area contributed by atoms with Gasteiger partial charge in [0, 0.05) is 13.1 Å². The molecule has 0 bridgehead atoms. The van der Waals surface area contributed by atoms with E-state index in [4.69, 9.17) is 9.47 Å². The number of carbonyl (C=O) groups is 1. The van der Waals surface area contributed by atoms with Crippen molar-refractivity contribution in [2.24, 2.45) is 0 Å². The Balaban J connectivity index is 2.65. The van der Waals surface area contributed by atoms with Crippen LogP contribution in [-0.2, 0) is 21.4 Å². The lowest BCUT2D eigenvalue weighted by Gasteiger charge is -2.18. The summed E-state index contributed by atoms with van der Waals surface area (Å²) in [5.41, 5.74) is 0.831. The van der Waals surface area contributed by atoms with Crippen LogP contribution >= 0.6 is 0 Å². The Morgan fingerprint density at radius 2 is 1.87 bits per heavy atom. The van der Waals surface area contributed by atoms with E-state index in [0.717, 1.165) is 16.1 Å². The highest BCUT2D eigenvalue weighted by atomic mass is 32.2. The number of carbonyl (C=O) groups excluding carboxylic acids is 1. The van der Waals surface area contributed by atoms with Crippen molar-refractivity contribution < 1.29 is 22.7 Å². The standard InChI is InChI=1S/C15H24N2O5S/c1-5-8-17(23(4,19)20)11-15(18)16-10-12-6-7-13(21-2)14(9-12)22-3/h6-7,9H,5,8,10-11H2,1-4H3,(H,16,18). The molecule has 0 saturated carbocycles. The largest absolute Gasteiger partial charge is 0.493 e. The minimum Gasteiger partial charge on any atom is -0.493 e.